The van der Waals surface area contributed by atoms with Gasteiger partial charge in [-0.15, -0.1) is 0 Å². The second kappa shape index (κ2) is 3.54. The maximum atomic E-state index is 5.98. The Morgan fingerprint density at radius 1 is 1.42 bits per heavy atom. The van der Waals surface area contributed by atoms with Gasteiger partial charge in [0, 0.05) is 18.6 Å². The van der Waals surface area contributed by atoms with Crippen LogP contribution in [0.5, 0.6) is 0 Å². The second-order valence-electron chi connectivity index (χ2n) is 2.72. The van der Waals surface area contributed by atoms with Crippen LogP contribution < -0.4 is 10.6 Å². The Hall–Kier alpha value is -0.410. The number of nitrogens with two attached hydrogens (primary N) is 1. The van der Waals surface area contributed by atoms with Crippen molar-refractivity contribution in [3.8, 4) is 0 Å². The lowest BCUT2D eigenvalue weighted by Crippen LogP contribution is -2.11. The zero-order valence-electron chi connectivity index (χ0n) is 6.94. The number of hydrogen-bond donors (Lipinski definition) is 1. The Labute approximate surface area is 85.4 Å². The van der Waals surface area contributed by atoms with Crippen molar-refractivity contribution >= 4 is 38.9 Å². The molecule has 0 heterocycles. The first-order valence-electron chi connectivity index (χ1n) is 3.44. The van der Waals surface area contributed by atoms with Gasteiger partial charge in [0.25, 0.3) is 0 Å². The lowest BCUT2D eigenvalue weighted by Gasteiger charge is -2.16. The Morgan fingerprint density at radius 2 is 2.00 bits per heavy atom. The lowest BCUT2D eigenvalue weighted by molar-refractivity contribution is 1.13. The molecular formula is C8H10BrClN2. The van der Waals surface area contributed by atoms with E-state index in [1.54, 1.807) is 0 Å². The van der Waals surface area contributed by atoms with Crippen molar-refractivity contribution in [3.63, 3.8) is 0 Å². The van der Waals surface area contributed by atoms with Crippen LogP contribution in [0.4, 0.5) is 11.4 Å². The van der Waals surface area contributed by atoms with Crippen molar-refractivity contribution in [1.29, 1.82) is 0 Å². The molecule has 1 aromatic rings. The highest BCUT2D eigenvalue weighted by molar-refractivity contribution is 9.10. The molecule has 12 heavy (non-hydrogen) atoms. The summed E-state index contributed by atoms with van der Waals surface area (Å²) in [5.74, 6) is 0. The van der Waals surface area contributed by atoms with E-state index in [1.807, 2.05) is 31.1 Å². The van der Waals surface area contributed by atoms with Gasteiger partial charge >= 0.3 is 0 Å². The highest BCUT2D eigenvalue weighted by Crippen LogP contribution is 2.33. The first kappa shape index (κ1) is 9.68. The molecule has 4 heteroatoms. The van der Waals surface area contributed by atoms with Crippen molar-refractivity contribution < 1.29 is 0 Å². The summed E-state index contributed by atoms with van der Waals surface area (Å²) < 4.78 is 0.899. The Bertz CT molecular complexity index is 276. The van der Waals surface area contributed by atoms with E-state index in [0.29, 0.717) is 10.7 Å². The summed E-state index contributed by atoms with van der Waals surface area (Å²) in [5.41, 5.74) is 7.31. The first-order valence-corrected chi connectivity index (χ1v) is 4.61. The summed E-state index contributed by atoms with van der Waals surface area (Å²) in [6.07, 6.45) is 0. The van der Waals surface area contributed by atoms with Gasteiger partial charge in [-0.2, -0.15) is 0 Å². The molecule has 1 rings (SSSR count). The van der Waals surface area contributed by atoms with Crippen molar-refractivity contribution in [3.05, 3.63) is 21.6 Å². The zero-order chi connectivity index (χ0) is 9.30. The summed E-state index contributed by atoms with van der Waals surface area (Å²) >= 11 is 9.29. The summed E-state index contributed by atoms with van der Waals surface area (Å²) in [6.45, 7) is 0. The van der Waals surface area contributed by atoms with E-state index in [9.17, 15) is 0 Å². The number of benzene rings is 1. The topological polar surface area (TPSA) is 29.3 Å². The highest BCUT2D eigenvalue weighted by Gasteiger charge is 2.07. The number of nitrogens with zero attached hydrogens (tertiary/aromatic N) is 1. The van der Waals surface area contributed by atoms with Crippen LogP contribution in [0, 0.1) is 0 Å². The molecule has 0 amide bonds. The van der Waals surface area contributed by atoms with Crippen molar-refractivity contribution in [1.82, 2.24) is 0 Å². The molecule has 0 aliphatic rings. The van der Waals surface area contributed by atoms with E-state index in [0.717, 1.165) is 10.2 Å². The number of anilines is 2. The summed E-state index contributed by atoms with van der Waals surface area (Å²) in [7, 11) is 3.82. The van der Waals surface area contributed by atoms with Gasteiger partial charge in [-0.1, -0.05) is 27.5 Å². The number of halogens is 2. The van der Waals surface area contributed by atoms with Gasteiger partial charge < -0.3 is 10.6 Å². The fourth-order valence-corrected chi connectivity index (χ4v) is 2.06. The van der Waals surface area contributed by atoms with Crippen LogP contribution in [0.1, 0.15) is 0 Å². The van der Waals surface area contributed by atoms with Gasteiger partial charge in [0.15, 0.2) is 0 Å². The van der Waals surface area contributed by atoms with Crippen LogP contribution in [-0.2, 0) is 0 Å². The molecule has 1 aromatic carbocycles. The van der Waals surface area contributed by atoms with E-state index in [4.69, 9.17) is 17.3 Å². The molecule has 0 bridgehead atoms. The molecule has 0 saturated heterocycles. The van der Waals surface area contributed by atoms with Crippen LogP contribution in [0.3, 0.4) is 0 Å². The third-order valence-electron chi connectivity index (χ3n) is 1.50. The lowest BCUT2D eigenvalue weighted by atomic mass is 10.2. The summed E-state index contributed by atoms with van der Waals surface area (Å²) in [5, 5.41) is 0.659. The van der Waals surface area contributed by atoms with Gasteiger partial charge in [0.1, 0.15) is 0 Å². The molecule has 0 aliphatic carbocycles. The summed E-state index contributed by atoms with van der Waals surface area (Å²) in [6, 6.07) is 3.66. The maximum Gasteiger partial charge on any atom is 0.0784 e. The smallest absolute Gasteiger partial charge is 0.0784 e. The van der Waals surface area contributed by atoms with Crippen LogP contribution in [0.25, 0.3) is 0 Å². The molecule has 0 spiro atoms. The van der Waals surface area contributed by atoms with Gasteiger partial charge in [0.05, 0.1) is 16.4 Å². The number of hydrogen-bond acceptors (Lipinski definition) is 2. The first-order chi connectivity index (χ1) is 5.52. The minimum absolute atomic E-state index is 0.659. The molecule has 0 saturated carbocycles. The van der Waals surface area contributed by atoms with Gasteiger partial charge in [0.2, 0.25) is 0 Å². The fourth-order valence-electron chi connectivity index (χ4n) is 1.06. The fraction of sp³-hybridized carbons (Fsp3) is 0.250. The summed E-state index contributed by atoms with van der Waals surface area (Å²) in [4.78, 5) is 1.89. The van der Waals surface area contributed by atoms with Crippen LogP contribution in [0.2, 0.25) is 5.02 Å². The Kier molecular flexibility index (Phi) is 2.85. The van der Waals surface area contributed by atoms with E-state index in [1.165, 1.54) is 0 Å². The largest absolute Gasteiger partial charge is 0.397 e. The molecule has 0 fully saturated rings. The third kappa shape index (κ3) is 1.84. The van der Waals surface area contributed by atoms with Crippen LogP contribution in [0.15, 0.2) is 16.6 Å². The number of nitrogen functional groups attached to an aromatic ring is 1. The second-order valence-corrected chi connectivity index (χ2v) is 4.04. The monoisotopic (exact) mass is 248 g/mol. The predicted molar refractivity (Wildman–Crippen MR) is 57.9 cm³/mol. The van der Waals surface area contributed by atoms with E-state index >= 15 is 0 Å². The minimum atomic E-state index is 0.659. The zero-order valence-corrected chi connectivity index (χ0v) is 9.28. The van der Waals surface area contributed by atoms with Crippen molar-refractivity contribution in [2.24, 2.45) is 0 Å². The molecule has 0 unspecified atom stereocenters. The average molecular weight is 250 g/mol. The van der Waals surface area contributed by atoms with Crippen LogP contribution in [-0.4, -0.2) is 14.1 Å². The normalized spacial score (nSPS) is 10.0. The molecular weight excluding hydrogens is 239 g/mol. The van der Waals surface area contributed by atoms with Gasteiger partial charge in [-0.3, -0.25) is 0 Å². The molecule has 0 aliphatic heterocycles. The van der Waals surface area contributed by atoms with Gasteiger partial charge in [-0.25, -0.2) is 0 Å². The van der Waals surface area contributed by atoms with Crippen molar-refractivity contribution in [2.75, 3.05) is 24.7 Å². The minimum Gasteiger partial charge on any atom is -0.397 e. The molecule has 0 aromatic heterocycles. The van der Waals surface area contributed by atoms with E-state index in [-0.39, 0.29) is 0 Å². The Morgan fingerprint density at radius 3 is 2.42 bits per heavy atom. The van der Waals surface area contributed by atoms with Crippen LogP contribution >= 0.6 is 27.5 Å². The Balaban J connectivity index is 3.28. The maximum absolute atomic E-state index is 5.98. The van der Waals surface area contributed by atoms with E-state index in [2.05, 4.69) is 15.9 Å². The molecule has 66 valence electrons. The predicted octanol–water partition coefficient (Wildman–Crippen LogP) is 2.75. The quantitative estimate of drug-likeness (QED) is 0.776. The molecule has 0 atom stereocenters. The molecule has 0 radical (unpaired) electrons. The van der Waals surface area contributed by atoms with Crippen molar-refractivity contribution in [2.45, 2.75) is 0 Å². The SMILES string of the molecule is CN(C)c1c(N)cc(Br)cc1Cl. The van der Waals surface area contributed by atoms with Gasteiger partial charge in [-0.05, 0) is 12.1 Å². The standard InChI is InChI=1S/C8H10BrClN2/c1-12(2)8-6(10)3-5(9)4-7(8)11/h3-4H,11H2,1-2H3. The molecule has 2 nitrogen and oxygen atoms in total. The third-order valence-corrected chi connectivity index (χ3v) is 2.25. The average Bonchev–Trinajstić information content (AvgIpc) is 1.82. The molecule has 2 N–H and O–H groups in total. The van der Waals surface area contributed by atoms with E-state index < -0.39 is 0 Å². The number of rotatable bonds is 1. The highest BCUT2D eigenvalue weighted by atomic mass is 79.9.